The molecule has 7 heteroatoms. The highest BCUT2D eigenvalue weighted by Crippen LogP contribution is 2.45. The quantitative estimate of drug-likeness (QED) is 0.380. The maximum Gasteiger partial charge on any atom is 0.296 e. The predicted molar refractivity (Wildman–Crippen MR) is 119 cm³/mol. The molecule has 2 fully saturated rings. The van der Waals surface area contributed by atoms with E-state index in [-0.39, 0.29) is 17.4 Å². The van der Waals surface area contributed by atoms with Gasteiger partial charge in [-0.15, -0.1) is 0 Å². The second kappa shape index (κ2) is 9.10. The van der Waals surface area contributed by atoms with Crippen LogP contribution in [0.2, 0.25) is 0 Å². The van der Waals surface area contributed by atoms with Gasteiger partial charge in [0, 0.05) is 12.1 Å². The number of furan rings is 1. The molecule has 1 aromatic heterocycles. The molecule has 2 aliphatic rings. The Bertz CT molecular complexity index is 1050. The van der Waals surface area contributed by atoms with Crippen molar-refractivity contribution in [1.82, 2.24) is 4.90 Å². The van der Waals surface area contributed by atoms with Crippen molar-refractivity contribution in [3.63, 3.8) is 0 Å². The number of ether oxygens (including phenoxy) is 2. The number of rotatable bonds is 7. The van der Waals surface area contributed by atoms with Crippen LogP contribution < -0.4 is 9.47 Å². The smallest absolute Gasteiger partial charge is 0.296 e. The van der Waals surface area contributed by atoms with Crippen molar-refractivity contribution < 1.29 is 28.6 Å². The van der Waals surface area contributed by atoms with Crippen LogP contribution in [0.5, 0.6) is 11.5 Å². The molecule has 1 atom stereocenters. The summed E-state index contributed by atoms with van der Waals surface area (Å²) in [5.74, 6) is 0.558. The first-order valence-corrected chi connectivity index (χ1v) is 11.2. The number of hydrogen-bond donors (Lipinski definition) is 1. The molecule has 4 rings (SSSR count). The molecule has 1 aliphatic carbocycles. The molecule has 1 aromatic carbocycles. The van der Waals surface area contributed by atoms with E-state index in [0.29, 0.717) is 41.8 Å². The van der Waals surface area contributed by atoms with E-state index in [4.69, 9.17) is 13.9 Å². The zero-order chi connectivity index (χ0) is 22.8. The molecule has 32 heavy (non-hydrogen) atoms. The maximum absolute atomic E-state index is 13.2. The number of aryl methyl sites for hydroxylation is 1. The first-order valence-electron chi connectivity index (χ1n) is 11.2. The van der Waals surface area contributed by atoms with E-state index in [1.54, 1.807) is 35.2 Å². The van der Waals surface area contributed by atoms with Crippen molar-refractivity contribution in [2.45, 2.75) is 58.5 Å². The minimum absolute atomic E-state index is 0.0290. The monoisotopic (exact) mass is 439 g/mol. The van der Waals surface area contributed by atoms with E-state index in [2.05, 4.69) is 0 Å². The first kappa shape index (κ1) is 22.0. The van der Waals surface area contributed by atoms with Gasteiger partial charge in [-0.2, -0.15) is 0 Å². The number of ketones is 1. The summed E-state index contributed by atoms with van der Waals surface area (Å²) >= 11 is 0. The van der Waals surface area contributed by atoms with Crippen LogP contribution in [0.4, 0.5) is 0 Å². The fraction of sp³-hybridized carbons (Fsp3) is 0.440. The zero-order valence-corrected chi connectivity index (χ0v) is 18.7. The van der Waals surface area contributed by atoms with Crippen molar-refractivity contribution in [3.05, 3.63) is 53.0 Å². The SMILES string of the molecule is CCOc1ccc(/C(O)=C2/C(=O)C(=O)N(C3CCCC3)C2c2ccc(C)o2)c(OCC)c1. The number of amides is 1. The summed E-state index contributed by atoms with van der Waals surface area (Å²) in [5, 5.41) is 11.4. The van der Waals surface area contributed by atoms with E-state index in [1.807, 2.05) is 20.8 Å². The number of likely N-dealkylation sites (tertiary alicyclic amines) is 1. The lowest BCUT2D eigenvalue weighted by molar-refractivity contribution is -0.141. The van der Waals surface area contributed by atoms with Crippen LogP contribution in [0.1, 0.15) is 62.7 Å². The van der Waals surface area contributed by atoms with Crippen LogP contribution in [0.3, 0.4) is 0 Å². The van der Waals surface area contributed by atoms with Gasteiger partial charge in [-0.25, -0.2) is 0 Å². The number of benzene rings is 1. The number of hydrogen-bond acceptors (Lipinski definition) is 6. The topological polar surface area (TPSA) is 89.2 Å². The van der Waals surface area contributed by atoms with Gasteiger partial charge in [0.05, 0.1) is 24.4 Å². The third-order valence-corrected chi connectivity index (χ3v) is 6.05. The zero-order valence-electron chi connectivity index (χ0n) is 18.7. The van der Waals surface area contributed by atoms with E-state index < -0.39 is 17.7 Å². The average molecular weight is 440 g/mol. The van der Waals surface area contributed by atoms with E-state index in [0.717, 1.165) is 25.7 Å². The summed E-state index contributed by atoms with van der Waals surface area (Å²) in [6, 6.07) is 7.78. The van der Waals surface area contributed by atoms with Crippen LogP contribution in [-0.2, 0) is 9.59 Å². The molecule has 1 aliphatic heterocycles. The van der Waals surface area contributed by atoms with E-state index in [1.165, 1.54) is 0 Å². The molecule has 2 heterocycles. The highest BCUT2D eigenvalue weighted by molar-refractivity contribution is 6.46. The molecule has 0 bridgehead atoms. The summed E-state index contributed by atoms with van der Waals surface area (Å²) in [4.78, 5) is 27.9. The summed E-state index contributed by atoms with van der Waals surface area (Å²) in [7, 11) is 0. The van der Waals surface area contributed by atoms with Gasteiger partial charge >= 0.3 is 0 Å². The molecule has 1 unspecified atom stereocenters. The van der Waals surface area contributed by atoms with Crippen LogP contribution in [0, 0.1) is 6.92 Å². The molecule has 1 amide bonds. The number of carbonyl (C=O) groups is 2. The number of aliphatic hydroxyl groups is 1. The van der Waals surface area contributed by atoms with E-state index >= 15 is 0 Å². The van der Waals surface area contributed by atoms with Crippen molar-refractivity contribution in [2.75, 3.05) is 13.2 Å². The molecule has 1 saturated heterocycles. The van der Waals surface area contributed by atoms with Crippen LogP contribution in [-0.4, -0.2) is 41.0 Å². The van der Waals surface area contributed by atoms with Crippen LogP contribution >= 0.6 is 0 Å². The van der Waals surface area contributed by atoms with Crippen molar-refractivity contribution in [2.24, 2.45) is 0 Å². The largest absolute Gasteiger partial charge is 0.507 e. The Labute approximate surface area is 187 Å². The average Bonchev–Trinajstić information content (AvgIpc) is 3.49. The molecule has 1 N–H and O–H groups in total. The van der Waals surface area contributed by atoms with E-state index in [9.17, 15) is 14.7 Å². The van der Waals surface area contributed by atoms with Crippen molar-refractivity contribution in [3.8, 4) is 11.5 Å². The number of nitrogens with zero attached hydrogens (tertiary/aromatic N) is 1. The Hall–Kier alpha value is -3.22. The molecule has 0 spiro atoms. The number of aliphatic hydroxyl groups excluding tert-OH is 1. The third-order valence-electron chi connectivity index (χ3n) is 6.05. The fourth-order valence-corrected chi connectivity index (χ4v) is 4.66. The summed E-state index contributed by atoms with van der Waals surface area (Å²) in [6.07, 6.45) is 3.67. The molecule has 7 nitrogen and oxygen atoms in total. The summed E-state index contributed by atoms with van der Waals surface area (Å²) in [6.45, 7) is 6.38. The van der Waals surface area contributed by atoms with Gasteiger partial charge in [-0.3, -0.25) is 9.59 Å². The minimum atomic E-state index is -0.771. The summed E-state index contributed by atoms with van der Waals surface area (Å²) in [5.41, 5.74) is 0.370. The predicted octanol–water partition coefficient (Wildman–Crippen LogP) is 4.75. The minimum Gasteiger partial charge on any atom is -0.507 e. The van der Waals surface area contributed by atoms with Gasteiger partial charge in [-0.1, -0.05) is 12.8 Å². The Balaban J connectivity index is 1.87. The Morgan fingerprint density at radius 1 is 1.09 bits per heavy atom. The van der Waals surface area contributed by atoms with Gasteiger partial charge in [0.1, 0.15) is 34.8 Å². The molecule has 2 aromatic rings. The standard InChI is InChI=1S/C25H29NO6/c1-4-30-17-11-12-18(20(14-17)31-5-2)23(27)21-22(19-13-10-15(3)32-19)26(25(29)24(21)28)16-8-6-7-9-16/h10-14,16,22,27H,4-9H2,1-3H3/b23-21-. The molecule has 0 radical (unpaired) electrons. The Kier molecular flexibility index (Phi) is 6.26. The molecule has 170 valence electrons. The normalized spacial score (nSPS) is 20.8. The lowest BCUT2D eigenvalue weighted by Crippen LogP contribution is -2.37. The van der Waals surface area contributed by atoms with Crippen LogP contribution in [0.15, 0.2) is 40.3 Å². The van der Waals surface area contributed by atoms with Crippen molar-refractivity contribution >= 4 is 17.4 Å². The molecular formula is C25H29NO6. The van der Waals surface area contributed by atoms with Gasteiger partial charge in [0.2, 0.25) is 0 Å². The lowest BCUT2D eigenvalue weighted by Gasteiger charge is -2.29. The lowest BCUT2D eigenvalue weighted by atomic mass is 9.98. The van der Waals surface area contributed by atoms with Gasteiger partial charge < -0.3 is 23.9 Å². The highest BCUT2D eigenvalue weighted by Gasteiger charge is 2.50. The fourth-order valence-electron chi connectivity index (χ4n) is 4.66. The van der Waals surface area contributed by atoms with Crippen molar-refractivity contribution in [1.29, 1.82) is 0 Å². The third kappa shape index (κ3) is 3.87. The Morgan fingerprint density at radius 2 is 1.81 bits per heavy atom. The van der Waals surface area contributed by atoms with Crippen LogP contribution in [0.25, 0.3) is 5.76 Å². The summed E-state index contributed by atoms with van der Waals surface area (Å²) < 4.78 is 17.1. The molecular weight excluding hydrogens is 410 g/mol. The second-order valence-corrected chi connectivity index (χ2v) is 8.12. The van der Waals surface area contributed by atoms with Gasteiger partial charge in [0.25, 0.3) is 11.7 Å². The second-order valence-electron chi connectivity index (χ2n) is 8.12. The highest BCUT2D eigenvalue weighted by atomic mass is 16.5. The number of carbonyl (C=O) groups excluding carboxylic acids is 2. The van der Waals surface area contributed by atoms with Gasteiger partial charge in [-0.05, 0) is 57.9 Å². The maximum atomic E-state index is 13.2. The van der Waals surface area contributed by atoms with Gasteiger partial charge in [0.15, 0.2) is 0 Å². The first-order chi connectivity index (χ1) is 15.5. The number of Topliss-reactive ketones (excluding diaryl/α,β-unsaturated/α-hetero) is 1. The molecule has 1 saturated carbocycles. The Morgan fingerprint density at radius 3 is 2.44 bits per heavy atom.